The fraction of sp³-hybridized carbons (Fsp3) is 0.250. The van der Waals surface area contributed by atoms with Crippen LogP contribution in [-0.4, -0.2) is 21.2 Å². The molecule has 0 radical (unpaired) electrons. The minimum absolute atomic E-state index is 0. The van der Waals surface area contributed by atoms with E-state index in [1.54, 1.807) is 6.92 Å². The van der Waals surface area contributed by atoms with Gasteiger partial charge in [-0.3, -0.25) is 0 Å². The average molecular weight is 135 g/mol. The van der Waals surface area contributed by atoms with Gasteiger partial charge in [-0.1, -0.05) is 0 Å². The molecule has 54 valence electrons. The zero-order valence-corrected chi connectivity index (χ0v) is 4.88. The van der Waals surface area contributed by atoms with E-state index < -0.39 is 0 Å². The summed E-state index contributed by atoms with van der Waals surface area (Å²) in [5.41, 5.74) is 0. The second-order valence-electron chi connectivity index (χ2n) is 1.30. The lowest BCUT2D eigenvalue weighted by Crippen LogP contribution is -1.52. The van der Waals surface area contributed by atoms with Crippen LogP contribution in [0.25, 0.3) is 0 Å². The van der Waals surface area contributed by atoms with Gasteiger partial charge >= 0.3 is 0 Å². The number of aromatic nitrogens is 1. The van der Waals surface area contributed by atoms with Crippen LogP contribution >= 0.6 is 0 Å². The van der Waals surface area contributed by atoms with Gasteiger partial charge in [-0.2, -0.15) is 0 Å². The fourth-order valence-electron chi connectivity index (χ4n) is 0.353. The van der Waals surface area contributed by atoms with Gasteiger partial charge in [0.05, 0.1) is 0 Å². The third-order valence-corrected chi connectivity index (χ3v) is 0.616. The van der Waals surface area contributed by atoms with Crippen molar-refractivity contribution in [3.63, 3.8) is 0 Å². The van der Waals surface area contributed by atoms with Gasteiger partial charge < -0.3 is 20.6 Å². The Labute approximate surface area is 51.5 Å². The smallest absolute Gasteiger partial charge is 0.251 e. The van der Waals surface area contributed by atoms with Crippen molar-refractivity contribution in [1.82, 2.24) is 5.16 Å². The minimum atomic E-state index is -0.0579. The molecule has 0 amide bonds. The van der Waals surface area contributed by atoms with Gasteiger partial charge in [0.15, 0.2) is 0 Å². The summed E-state index contributed by atoms with van der Waals surface area (Å²) in [5, 5.41) is 11.6. The Hall–Kier alpha value is -1.07. The monoisotopic (exact) mass is 135 g/mol. The molecule has 0 bridgehead atoms. The van der Waals surface area contributed by atoms with Gasteiger partial charge in [-0.25, -0.2) is 0 Å². The molecule has 9 heavy (non-hydrogen) atoms. The number of aryl methyl sites for hydroxylation is 1. The molecule has 1 aromatic heterocycles. The van der Waals surface area contributed by atoms with E-state index in [0.29, 0.717) is 5.76 Å². The Morgan fingerprint density at radius 1 is 1.56 bits per heavy atom. The first kappa shape index (κ1) is 10.8. The van der Waals surface area contributed by atoms with Crippen LogP contribution in [-0.2, 0) is 0 Å². The minimum Gasteiger partial charge on any atom is -0.491 e. The van der Waals surface area contributed by atoms with Gasteiger partial charge in [-0.15, -0.1) is 0 Å². The van der Waals surface area contributed by atoms with Crippen LogP contribution in [0.3, 0.4) is 0 Å². The zero-order valence-electron chi connectivity index (χ0n) is 4.88. The summed E-state index contributed by atoms with van der Waals surface area (Å²) in [6.07, 6.45) is 0. The number of nitrogens with zero attached hydrogens (tertiary/aromatic N) is 1. The predicted octanol–water partition coefficient (Wildman–Crippen LogP) is -0.961. The molecule has 0 aromatic carbocycles. The normalized spacial score (nSPS) is 7.22. The molecular formula is C4H9NO4. The van der Waals surface area contributed by atoms with Crippen molar-refractivity contribution in [1.29, 1.82) is 0 Å². The second-order valence-corrected chi connectivity index (χ2v) is 1.30. The molecule has 0 aliphatic rings. The molecular weight excluding hydrogens is 126 g/mol. The quantitative estimate of drug-likeness (QED) is 0.494. The third kappa shape index (κ3) is 2.68. The van der Waals surface area contributed by atoms with Crippen LogP contribution < -0.4 is 0 Å². The molecule has 5 N–H and O–H groups in total. The molecule has 5 heteroatoms. The fourth-order valence-corrected chi connectivity index (χ4v) is 0.353. The highest BCUT2D eigenvalue weighted by Gasteiger charge is 1.91. The van der Waals surface area contributed by atoms with Crippen LogP contribution in [0.5, 0.6) is 5.88 Å². The Balaban J connectivity index is 0. The van der Waals surface area contributed by atoms with E-state index in [-0.39, 0.29) is 16.8 Å². The van der Waals surface area contributed by atoms with E-state index in [1.165, 1.54) is 6.07 Å². The van der Waals surface area contributed by atoms with Crippen LogP contribution in [0.2, 0.25) is 0 Å². The summed E-state index contributed by atoms with van der Waals surface area (Å²) >= 11 is 0. The highest BCUT2D eigenvalue weighted by atomic mass is 16.5. The first-order valence-corrected chi connectivity index (χ1v) is 1.91. The van der Waals surface area contributed by atoms with E-state index in [9.17, 15) is 0 Å². The van der Waals surface area contributed by atoms with Crippen LogP contribution in [0.4, 0.5) is 0 Å². The highest BCUT2D eigenvalue weighted by Crippen LogP contribution is 2.05. The van der Waals surface area contributed by atoms with Gasteiger partial charge in [0.25, 0.3) is 5.88 Å². The highest BCUT2D eigenvalue weighted by molar-refractivity contribution is 5.06. The first-order chi connectivity index (χ1) is 3.29. The summed E-state index contributed by atoms with van der Waals surface area (Å²) in [4.78, 5) is 0. The summed E-state index contributed by atoms with van der Waals surface area (Å²) in [7, 11) is 0. The van der Waals surface area contributed by atoms with Crippen molar-refractivity contribution in [3.05, 3.63) is 11.8 Å². The Bertz CT molecular complexity index is 145. The molecule has 0 saturated heterocycles. The molecule has 0 spiro atoms. The summed E-state index contributed by atoms with van der Waals surface area (Å²) in [5.74, 6) is 0.565. The third-order valence-electron chi connectivity index (χ3n) is 0.616. The van der Waals surface area contributed by atoms with Crippen molar-refractivity contribution in [3.8, 4) is 5.88 Å². The SMILES string of the molecule is Cc1cc(O)no1.O.O. The Morgan fingerprint density at radius 2 is 2.11 bits per heavy atom. The number of hydrogen-bond acceptors (Lipinski definition) is 3. The number of aromatic hydroxyl groups is 1. The van der Waals surface area contributed by atoms with E-state index in [4.69, 9.17) is 5.11 Å². The van der Waals surface area contributed by atoms with E-state index >= 15 is 0 Å². The van der Waals surface area contributed by atoms with Crippen LogP contribution in [0.15, 0.2) is 10.6 Å². The maximum absolute atomic E-state index is 8.45. The summed E-state index contributed by atoms with van der Waals surface area (Å²) < 4.78 is 4.46. The molecule has 0 atom stereocenters. The molecule has 0 fully saturated rings. The van der Waals surface area contributed by atoms with E-state index in [0.717, 1.165) is 0 Å². The first-order valence-electron chi connectivity index (χ1n) is 1.91. The second kappa shape index (κ2) is 3.88. The standard InChI is InChI=1S/C4H5NO2.2H2O/c1-3-2-4(6)5-7-3;;/h2H,1H3,(H,5,6);2*1H2. The Morgan fingerprint density at radius 3 is 2.22 bits per heavy atom. The van der Waals surface area contributed by atoms with Gasteiger partial charge in [-0.05, 0) is 12.1 Å². The molecule has 1 heterocycles. The lowest BCUT2D eigenvalue weighted by atomic mass is 10.5. The van der Waals surface area contributed by atoms with Crippen LogP contribution in [0, 0.1) is 6.92 Å². The molecule has 0 aliphatic heterocycles. The number of hydrogen-bond donors (Lipinski definition) is 1. The van der Waals surface area contributed by atoms with Gasteiger partial charge in [0.1, 0.15) is 5.76 Å². The summed E-state index contributed by atoms with van der Waals surface area (Å²) in [6.45, 7) is 1.72. The molecule has 5 nitrogen and oxygen atoms in total. The largest absolute Gasteiger partial charge is 0.491 e. The van der Waals surface area contributed by atoms with E-state index in [1.807, 2.05) is 0 Å². The summed E-state index contributed by atoms with van der Waals surface area (Å²) in [6, 6.07) is 1.44. The van der Waals surface area contributed by atoms with Crippen molar-refractivity contribution in [2.75, 3.05) is 0 Å². The topological polar surface area (TPSA) is 109 Å². The van der Waals surface area contributed by atoms with Crippen molar-refractivity contribution >= 4 is 0 Å². The van der Waals surface area contributed by atoms with Crippen molar-refractivity contribution < 1.29 is 20.6 Å². The zero-order chi connectivity index (χ0) is 5.28. The van der Waals surface area contributed by atoms with Crippen molar-refractivity contribution in [2.24, 2.45) is 0 Å². The van der Waals surface area contributed by atoms with E-state index in [2.05, 4.69) is 9.68 Å². The van der Waals surface area contributed by atoms with Crippen molar-refractivity contribution in [2.45, 2.75) is 6.92 Å². The molecule has 1 rings (SSSR count). The maximum Gasteiger partial charge on any atom is 0.251 e. The number of rotatable bonds is 0. The molecule has 0 saturated carbocycles. The average Bonchev–Trinajstić information content (AvgIpc) is 1.87. The molecule has 1 aromatic rings. The maximum atomic E-state index is 8.45. The van der Waals surface area contributed by atoms with Gasteiger partial charge in [0, 0.05) is 6.07 Å². The van der Waals surface area contributed by atoms with Gasteiger partial charge in [0.2, 0.25) is 0 Å². The lowest BCUT2D eigenvalue weighted by molar-refractivity contribution is 0.348. The Kier molecular flexibility index (Phi) is 4.66. The molecule has 0 aliphatic carbocycles. The molecule has 0 unspecified atom stereocenters. The lowest BCUT2D eigenvalue weighted by Gasteiger charge is -1.64. The predicted molar refractivity (Wildman–Crippen MR) is 30.1 cm³/mol. The van der Waals surface area contributed by atoms with Crippen LogP contribution in [0.1, 0.15) is 5.76 Å².